The minimum absolute atomic E-state index is 0.151. The summed E-state index contributed by atoms with van der Waals surface area (Å²) in [6, 6.07) is 24.7. The van der Waals surface area contributed by atoms with Crippen molar-refractivity contribution in [3.05, 3.63) is 107 Å². The first-order valence-corrected chi connectivity index (χ1v) is 10.2. The van der Waals surface area contributed by atoms with Gasteiger partial charge in [0.1, 0.15) is 12.1 Å². The molecule has 4 rings (SSSR count). The van der Waals surface area contributed by atoms with Crippen LogP contribution in [-0.2, 0) is 6.54 Å². The van der Waals surface area contributed by atoms with Crippen molar-refractivity contribution in [3.63, 3.8) is 0 Å². The molecule has 0 aliphatic heterocycles. The molecule has 1 heterocycles. The van der Waals surface area contributed by atoms with Gasteiger partial charge in [-0.15, -0.1) is 0 Å². The van der Waals surface area contributed by atoms with Crippen LogP contribution in [0.3, 0.4) is 0 Å². The molecular weight excluding hydrogens is 408 g/mol. The summed E-state index contributed by atoms with van der Waals surface area (Å²) in [5.74, 6) is 0.506. The molecule has 0 aliphatic carbocycles. The van der Waals surface area contributed by atoms with Crippen molar-refractivity contribution < 1.29 is 4.79 Å². The van der Waals surface area contributed by atoms with Gasteiger partial charge in [-0.25, -0.2) is 9.97 Å². The van der Waals surface area contributed by atoms with Crippen molar-refractivity contribution in [2.75, 3.05) is 5.32 Å². The quantitative estimate of drug-likeness (QED) is 0.408. The van der Waals surface area contributed by atoms with Gasteiger partial charge < -0.3 is 10.6 Å². The van der Waals surface area contributed by atoms with Crippen LogP contribution in [0.5, 0.6) is 0 Å². The first-order valence-electron chi connectivity index (χ1n) is 9.86. The van der Waals surface area contributed by atoms with E-state index in [2.05, 4.69) is 26.7 Å². The summed E-state index contributed by atoms with van der Waals surface area (Å²) in [5, 5.41) is 6.85. The molecule has 0 radical (unpaired) electrons. The van der Waals surface area contributed by atoms with Crippen LogP contribution in [0.2, 0.25) is 5.02 Å². The van der Waals surface area contributed by atoms with Crippen LogP contribution in [0.25, 0.3) is 11.3 Å². The van der Waals surface area contributed by atoms with Gasteiger partial charge in [0.15, 0.2) is 0 Å². The molecule has 0 saturated heterocycles. The Hall–Kier alpha value is -3.70. The van der Waals surface area contributed by atoms with Gasteiger partial charge in [-0.05, 0) is 48.9 Å². The number of carbonyl (C=O) groups excluding carboxylic acids is 1. The molecule has 0 unspecified atom stereocenters. The average molecular weight is 429 g/mol. The third-order valence-electron chi connectivity index (χ3n) is 4.74. The zero-order valence-electron chi connectivity index (χ0n) is 17.0. The van der Waals surface area contributed by atoms with Crippen molar-refractivity contribution in [1.82, 2.24) is 15.3 Å². The van der Waals surface area contributed by atoms with Gasteiger partial charge in [-0.3, -0.25) is 4.79 Å². The van der Waals surface area contributed by atoms with Crippen LogP contribution in [0, 0.1) is 6.92 Å². The van der Waals surface area contributed by atoms with Gasteiger partial charge in [0, 0.05) is 34.4 Å². The number of aryl methyl sites for hydroxylation is 1. The minimum Gasteiger partial charge on any atom is -0.348 e. The van der Waals surface area contributed by atoms with Gasteiger partial charge in [0.05, 0.1) is 5.69 Å². The van der Waals surface area contributed by atoms with Gasteiger partial charge in [0.2, 0.25) is 0 Å². The second-order valence-electron chi connectivity index (χ2n) is 7.17. The maximum atomic E-state index is 12.6. The highest BCUT2D eigenvalue weighted by Gasteiger charge is 2.08. The molecule has 154 valence electrons. The molecule has 1 amide bonds. The summed E-state index contributed by atoms with van der Waals surface area (Å²) in [6.45, 7) is 2.48. The van der Waals surface area contributed by atoms with E-state index in [9.17, 15) is 4.79 Å². The maximum Gasteiger partial charge on any atom is 0.251 e. The molecule has 5 nitrogen and oxygen atoms in total. The number of carbonyl (C=O) groups is 1. The van der Waals surface area contributed by atoms with Crippen LogP contribution in [0.4, 0.5) is 11.5 Å². The number of nitrogens with one attached hydrogen (secondary N) is 2. The summed E-state index contributed by atoms with van der Waals surface area (Å²) >= 11 is 5.90. The van der Waals surface area contributed by atoms with E-state index in [-0.39, 0.29) is 5.91 Å². The predicted octanol–water partition coefficient (Wildman–Crippen LogP) is 5.78. The molecule has 0 saturated carbocycles. The van der Waals surface area contributed by atoms with Crippen LogP contribution in [0.1, 0.15) is 21.5 Å². The normalized spacial score (nSPS) is 10.5. The molecular formula is C25H21ClN4O. The van der Waals surface area contributed by atoms with Gasteiger partial charge >= 0.3 is 0 Å². The molecule has 1 aromatic heterocycles. The summed E-state index contributed by atoms with van der Waals surface area (Å²) in [5.41, 5.74) is 5.35. The molecule has 0 fully saturated rings. The number of nitrogens with zero attached hydrogens (tertiary/aromatic N) is 2. The first-order chi connectivity index (χ1) is 15.1. The first kappa shape index (κ1) is 20.6. The van der Waals surface area contributed by atoms with Crippen molar-refractivity contribution in [2.24, 2.45) is 0 Å². The Morgan fingerprint density at radius 1 is 0.935 bits per heavy atom. The number of anilines is 2. The number of aromatic nitrogens is 2. The lowest BCUT2D eigenvalue weighted by Gasteiger charge is -2.10. The Balaban J connectivity index is 1.45. The lowest BCUT2D eigenvalue weighted by Crippen LogP contribution is -2.22. The van der Waals surface area contributed by atoms with E-state index in [1.165, 1.54) is 11.9 Å². The van der Waals surface area contributed by atoms with Crippen LogP contribution < -0.4 is 10.6 Å². The van der Waals surface area contributed by atoms with E-state index < -0.39 is 0 Å². The third kappa shape index (κ3) is 5.47. The molecule has 4 aromatic rings. The topological polar surface area (TPSA) is 66.9 Å². The van der Waals surface area contributed by atoms with Gasteiger partial charge in [-0.2, -0.15) is 0 Å². The Labute approximate surface area is 186 Å². The number of halogens is 1. The number of hydrogen-bond donors (Lipinski definition) is 2. The minimum atomic E-state index is -0.151. The monoisotopic (exact) mass is 428 g/mol. The Morgan fingerprint density at radius 2 is 1.74 bits per heavy atom. The van der Waals surface area contributed by atoms with E-state index in [1.54, 1.807) is 24.3 Å². The summed E-state index contributed by atoms with van der Waals surface area (Å²) in [4.78, 5) is 21.2. The number of benzene rings is 3. The van der Waals surface area contributed by atoms with Crippen LogP contribution in [-0.4, -0.2) is 15.9 Å². The number of amides is 1. The number of hydrogen-bond acceptors (Lipinski definition) is 4. The van der Waals surface area contributed by atoms with Crippen molar-refractivity contribution >= 4 is 29.0 Å². The summed E-state index contributed by atoms with van der Waals surface area (Å²) in [6.07, 6.45) is 1.53. The fraction of sp³-hybridized carbons (Fsp3) is 0.0800. The van der Waals surface area contributed by atoms with E-state index in [1.807, 2.05) is 55.5 Å². The van der Waals surface area contributed by atoms with E-state index in [0.29, 0.717) is 22.9 Å². The van der Waals surface area contributed by atoms with E-state index in [4.69, 9.17) is 11.6 Å². The van der Waals surface area contributed by atoms with Crippen LogP contribution >= 0.6 is 11.6 Å². The van der Waals surface area contributed by atoms with Crippen LogP contribution in [0.15, 0.2) is 85.2 Å². The second-order valence-corrected chi connectivity index (χ2v) is 7.61. The summed E-state index contributed by atoms with van der Waals surface area (Å²) < 4.78 is 0. The largest absolute Gasteiger partial charge is 0.348 e. The zero-order chi connectivity index (χ0) is 21.6. The highest BCUT2D eigenvalue weighted by atomic mass is 35.5. The lowest BCUT2D eigenvalue weighted by atomic mass is 10.1. The van der Waals surface area contributed by atoms with Crippen molar-refractivity contribution in [1.29, 1.82) is 0 Å². The fourth-order valence-corrected chi connectivity index (χ4v) is 3.29. The zero-order valence-corrected chi connectivity index (χ0v) is 17.7. The standard InChI is InChI=1S/C25H21ClN4O/c1-17-4-2-5-19(12-17)23-14-24(29-16-28-23)30-22-7-3-6-20(13-22)25(31)27-15-18-8-10-21(26)11-9-18/h2-14,16H,15H2,1H3,(H,27,31)(H,28,29,30). The van der Waals surface area contributed by atoms with Crippen molar-refractivity contribution in [2.45, 2.75) is 13.5 Å². The molecule has 3 aromatic carbocycles. The Kier molecular flexibility index (Phi) is 6.24. The van der Waals surface area contributed by atoms with E-state index in [0.717, 1.165) is 22.5 Å². The molecule has 0 aliphatic rings. The lowest BCUT2D eigenvalue weighted by molar-refractivity contribution is 0.0951. The highest BCUT2D eigenvalue weighted by molar-refractivity contribution is 6.30. The second kappa shape index (κ2) is 9.41. The van der Waals surface area contributed by atoms with Crippen molar-refractivity contribution in [3.8, 4) is 11.3 Å². The molecule has 2 N–H and O–H groups in total. The highest BCUT2D eigenvalue weighted by Crippen LogP contribution is 2.22. The Morgan fingerprint density at radius 3 is 2.55 bits per heavy atom. The molecule has 0 bridgehead atoms. The van der Waals surface area contributed by atoms with Gasteiger partial charge in [0.25, 0.3) is 5.91 Å². The molecule has 0 spiro atoms. The SMILES string of the molecule is Cc1cccc(-c2cc(Nc3cccc(C(=O)NCc4ccc(Cl)cc4)c3)ncn2)c1. The predicted molar refractivity (Wildman–Crippen MR) is 125 cm³/mol. The molecule has 0 atom stereocenters. The fourth-order valence-electron chi connectivity index (χ4n) is 3.16. The molecule has 6 heteroatoms. The van der Waals surface area contributed by atoms with E-state index >= 15 is 0 Å². The maximum absolute atomic E-state index is 12.6. The third-order valence-corrected chi connectivity index (χ3v) is 5.00. The summed E-state index contributed by atoms with van der Waals surface area (Å²) in [7, 11) is 0. The number of rotatable bonds is 6. The Bertz CT molecular complexity index is 1210. The average Bonchev–Trinajstić information content (AvgIpc) is 2.79. The smallest absolute Gasteiger partial charge is 0.251 e. The molecule has 31 heavy (non-hydrogen) atoms. The van der Waals surface area contributed by atoms with Gasteiger partial charge in [-0.1, -0.05) is 53.6 Å².